The number of hydrogen-bond acceptors (Lipinski definition) is 4. The van der Waals surface area contributed by atoms with Crippen LogP contribution in [0.2, 0.25) is 0 Å². The van der Waals surface area contributed by atoms with Gasteiger partial charge in [-0.05, 0) is 61.9 Å². The first-order chi connectivity index (χ1) is 16.6. The zero-order valence-electron chi connectivity index (χ0n) is 19.3. The molecule has 6 nitrogen and oxygen atoms in total. The second-order valence-electron chi connectivity index (χ2n) is 8.81. The van der Waals surface area contributed by atoms with Gasteiger partial charge in [-0.25, -0.2) is 0 Å². The Morgan fingerprint density at radius 2 is 1.63 bits per heavy atom. The van der Waals surface area contributed by atoms with Crippen LogP contribution in [-0.2, 0) is 11.0 Å². The monoisotopic (exact) mass is 485 g/mol. The summed E-state index contributed by atoms with van der Waals surface area (Å²) >= 11 is 0. The molecule has 2 aromatic carbocycles. The van der Waals surface area contributed by atoms with E-state index in [2.05, 4.69) is 11.7 Å². The first-order valence-corrected chi connectivity index (χ1v) is 11.3. The van der Waals surface area contributed by atoms with E-state index in [1.54, 1.807) is 30.4 Å². The average molecular weight is 486 g/mol. The van der Waals surface area contributed by atoms with E-state index in [4.69, 9.17) is 0 Å². The van der Waals surface area contributed by atoms with Crippen LogP contribution in [0.25, 0.3) is 17.2 Å². The molecule has 35 heavy (non-hydrogen) atoms. The molecule has 184 valence electrons. The molecule has 2 amide bonds. The van der Waals surface area contributed by atoms with Crippen molar-refractivity contribution in [3.05, 3.63) is 59.2 Å². The number of piperazine rings is 1. The van der Waals surface area contributed by atoms with Crippen LogP contribution in [0.5, 0.6) is 0 Å². The maximum Gasteiger partial charge on any atom is 0.417 e. The Morgan fingerprint density at radius 3 is 2.20 bits per heavy atom. The van der Waals surface area contributed by atoms with Crippen molar-refractivity contribution in [2.45, 2.75) is 31.5 Å². The third-order valence-electron chi connectivity index (χ3n) is 6.41. The lowest BCUT2D eigenvalue weighted by molar-refractivity contribution is -0.143. The molecule has 1 heterocycles. The van der Waals surface area contributed by atoms with Crippen LogP contribution in [0, 0.1) is 0 Å². The van der Waals surface area contributed by atoms with Gasteiger partial charge in [0.1, 0.15) is 5.60 Å². The molecular weight excluding hydrogens is 459 g/mol. The highest BCUT2D eigenvalue weighted by Crippen LogP contribution is 2.38. The lowest BCUT2D eigenvalue weighted by Gasteiger charge is -2.36. The van der Waals surface area contributed by atoms with Gasteiger partial charge in [-0.15, -0.1) is 0 Å². The number of nitrogens with zero attached hydrogens (tertiary/aromatic N) is 3. The van der Waals surface area contributed by atoms with E-state index >= 15 is 0 Å². The fraction of sp³-hybridized carbons (Fsp3) is 0.346. The molecule has 0 radical (unpaired) electrons. The van der Waals surface area contributed by atoms with Crippen LogP contribution < -0.4 is 0 Å². The Kier molecular flexibility index (Phi) is 6.55. The number of rotatable bonds is 5. The van der Waals surface area contributed by atoms with Crippen LogP contribution in [0.15, 0.2) is 47.5 Å². The van der Waals surface area contributed by atoms with E-state index in [0.29, 0.717) is 29.7 Å². The molecule has 0 aromatic heterocycles. The molecule has 1 N–H and O–H groups in total. The van der Waals surface area contributed by atoms with Crippen LogP contribution in [0.1, 0.15) is 41.3 Å². The van der Waals surface area contributed by atoms with Gasteiger partial charge in [0.15, 0.2) is 0 Å². The van der Waals surface area contributed by atoms with Gasteiger partial charge in [-0.2, -0.15) is 13.2 Å². The minimum atomic E-state index is -4.73. The van der Waals surface area contributed by atoms with Crippen molar-refractivity contribution in [3.8, 4) is 11.1 Å². The molecule has 0 spiro atoms. The zero-order valence-corrected chi connectivity index (χ0v) is 19.3. The predicted molar refractivity (Wildman–Crippen MR) is 127 cm³/mol. The lowest BCUT2D eigenvalue weighted by Crippen LogP contribution is -2.53. The number of benzene rings is 2. The molecular formula is C26H26F3N3O3. The van der Waals surface area contributed by atoms with Gasteiger partial charge >= 0.3 is 6.18 Å². The summed E-state index contributed by atoms with van der Waals surface area (Å²) in [6, 6.07) is 8.78. The maximum absolute atomic E-state index is 14.0. The molecule has 0 unspecified atom stereocenters. The van der Waals surface area contributed by atoms with Crippen molar-refractivity contribution < 1.29 is 27.9 Å². The molecule has 1 saturated carbocycles. The number of carbonyl (C=O) groups is 2. The van der Waals surface area contributed by atoms with E-state index in [1.165, 1.54) is 21.9 Å². The van der Waals surface area contributed by atoms with Crippen LogP contribution >= 0.6 is 0 Å². The Hall–Kier alpha value is -3.46. The number of alkyl halides is 3. The summed E-state index contributed by atoms with van der Waals surface area (Å²) in [5, 5.41) is 10.0. The summed E-state index contributed by atoms with van der Waals surface area (Å²) in [6.07, 6.45) is -0.315. The minimum Gasteiger partial charge on any atom is -0.380 e. The molecule has 2 aromatic rings. The van der Waals surface area contributed by atoms with Gasteiger partial charge in [0, 0.05) is 31.7 Å². The van der Waals surface area contributed by atoms with Crippen LogP contribution in [0.3, 0.4) is 0 Å². The van der Waals surface area contributed by atoms with Gasteiger partial charge in [0.25, 0.3) is 11.8 Å². The zero-order chi connectivity index (χ0) is 25.4. The average Bonchev–Trinajstić information content (AvgIpc) is 3.61. The summed E-state index contributed by atoms with van der Waals surface area (Å²) in [5.41, 5.74) is -0.538. The predicted octanol–water partition coefficient (Wildman–Crippen LogP) is 4.55. The SMILES string of the molecule is C=Nc1ccc(-c2ccc(C(=O)N3CCN(C(=O)C4(O)CC4)CC3)c(C(F)(F)F)c2)cc1/C=C\C. The van der Waals surface area contributed by atoms with Crippen molar-refractivity contribution in [2.24, 2.45) is 4.99 Å². The smallest absolute Gasteiger partial charge is 0.380 e. The Balaban J connectivity index is 1.59. The Morgan fingerprint density at radius 1 is 1.03 bits per heavy atom. The third-order valence-corrected chi connectivity index (χ3v) is 6.41. The number of amides is 2. The van der Waals surface area contributed by atoms with Crippen molar-refractivity contribution in [1.82, 2.24) is 9.80 Å². The van der Waals surface area contributed by atoms with E-state index in [-0.39, 0.29) is 32.1 Å². The molecule has 0 bridgehead atoms. The summed E-state index contributed by atoms with van der Waals surface area (Å²) in [7, 11) is 0. The van der Waals surface area contributed by atoms with Crippen LogP contribution in [-0.4, -0.2) is 65.2 Å². The fourth-order valence-electron chi connectivity index (χ4n) is 4.25. The number of hydrogen-bond donors (Lipinski definition) is 1. The summed E-state index contributed by atoms with van der Waals surface area (Å²) in [6.45, 7) is 5.88. The van der Waals surface area contributed by atoms with Crippen molar-refractivity contribution >= 4 is 30.3 Å². The normalized spacial score (nSPS) is 17.5. The number of carbonyl (C=O) groups excluding carboxylic acids is 2. The topological polar surface area (TPSA) is 73.2 Å². The van der Waals surface area contributed by atoms with Crippen molar-refractivity contribution in [3.63, 3.8) is 0 Å². The third kappa shape index (κ3) is 5.00. The fourth-order valence-corrected chi connectivity index (χ4v) is 4.25. The van der Waals surface area contributed by atoms with Gasteiger partial charge in [-0.3, -0.25) is 14.6 Å². The largest absolute Gasteiger partial charge is 0.417 e. The summed E-state index contributed by atoms with van der Waals surface area (Å²) in [5.74, 6) is -1.11. The molecule has 2 aliphatic rings. The summed E-state index contributed by atoms with van der Waals surface area (Å²) < 4.78 is 42.0. The highest BCUT2D eigenvalue weighted by molar-refractivity contribution is 5.97. The molecule has 1 aliphatic carbocycles. The Bertz CT molecular complexity index is 1190. The van der Waals surface area contributed by atoms with Gasteiger partial charge in [0.05, 0.1) is 16.8 Å². The molecule has 1 saturated heterocycles. The first-order valence-electron chi connectivity index (χ1n) is 11.3. The second kappa shape index (κ2) is 9.30. The Labute approximate surface area is 201 Å². The molecule has 1 aliphatic heterocycles. The number of aliphatic hydroxyl groups is 1. The van der Waals surface area contributed by atoms with Crippen molar-refractivity contribution in [1.29, 1.82) is 0 Å². The minimum absolute atomic E-state index is 0.0996. The first kappa shape index (κ1) is 24.7. The molecule has 0 atom stereocenters. The second-order valence-corrected chi connectivity index (χ2v) is 8.81. The van der Waals surface area contributed by atoms with Crippen molar-refractivity contribution in [2.75, 3.05) is 26.2 Å². The number of halogens is 3. The molecule has 2 fully saturated rings. The van der Waals surface area contributed by atoms with E-state index in [0.717, 1.165) is 11.6 Å². The van der Waals surface area contributed by atoms with E-state index in [9.17, 15) is 27.9 Å². The molecule has 4 rings (SSSR count). The maximum atomic E-state index is 14.0. The van der Waals surface area contributed by atoms with Gasteiger partial charge in [-0.1, -0.05) is 24.3 Å². The van der Waals surface area contributed by atoms with E-state index in [1.807, 2.05) is 6.92 Å². The quantitative estimate of drug-likeness (QED) is 0.632. The highest BCUT2D eigenvalue weighted by Gasteiger charge is 2.50. The summed E-state index contributed by atoms with van der Waals surface area (Å²) in [4.78, 5) is 32.1. The number of allylic oxidation sites excluding steroid dienone is 1. The highest BCUT2D eigenvalue weighted by atomic mass is 19.4. The standard InChI is InChI=1S/C26H26F3N3O3/c1-3-4-19-15-17(6-8-22(19)30-2)18-5-7-20(21(16-18)26(27,28)29)23(33)31-11-13-32(14-12-31)24(34)25(35)9-10-25/h3-8,15-16,35H,2,9-14H2,1H3/b4-3-. The van der Waals surface area contributed by atoms with Gasteiger partial charge < -0.3 is 14.9 Å². The van der Waals surface area contributed by atoms with E-state index < -0.39 is 28.8 Å². The van der Waals surface area contributed by atoms with Gasteiger partial charge in [0.2, 0.25) is 0 Å². The number of aliphatic imine (C=N–C) groups is 1. The lowest BCUT2D eigenvalue weighted by atomic mass is 9.96. The van der Waals surface area contributed by atoms with Crippen LogP contribution in [0.4, 0.5) is 18.9 Å². The molecule has 9 heteroatoms.